The lowest BCUT2D eigenvalue weighted by Crippen LogP contribution is -2.15. The van der Waals surface area contributed by atoms with E-state index in [9.17, 15) is 13.2 Å². The first-order valence-corrected chi connectivity index (χ1v) is 8.36. The van der Waals surface area contributed by atoms with E-state index in [2.05, 4.69) is 10.0 Å². The van der Waals surface area contributed by atoms with Gasteiger partial charge in [0.1, 0.15) is 5.75 Å². The van der Waals surface area contributed by atoms with Crippen LogP contribution in [0.3, 0.4) is 0 Å². The number of benzene rings is 1. The number of nitrogens with one attached hydrogen (secondary N) is 2. The predicted molar refractivity (Wildman–Crippen MR) is 88.7 cm³/mol. The van der Waals surface area contributed by atoms with Gasteiger partial charge in [-0.05, 0) is 26.0 Å². The molecule has 0 saturated heterocycles. The van der Waals surface area contributed by atoms with Gasteiger partial charge in [0.15, 0.2) is 0 Å². The zero-order valence-corrected chi connectivity index (χ0v) is 13.6. The first-order valence-electron chi connectivity index (χ1n) is 6.70. The van der Waals surface area contributed by atoms with E-state index in [-0.39, 0.29) is 11.7 Å². The smallest absolute Gasteiger partial charge is 0.248 e. The molecule has 7 heteroatoms. The molecule has 1 aromatic rings. The minimum absolute atomic E-state index is 0.0373. The molecule has 2 N–H and O–H groups in total. The van der Waals surface area contributed by atoms with Crippen LogP contribution in [0.4, 0.5) is 11.4 Å². The van der Waals surface area contributed by atoms with E-state index >= 15 is 0 Å². The van der Waals surface area contributed by atoms with Gasteiger partial charge in [-0.25, -0.2) is 8.42 Å². The summed E-state index contributed by atoms with van der Waals surface area (Å²) in [6.07, 6.45) is 6.56. The standard InChI is InChI=1S/C15H20N2O4S/c1-4-6-7-8-15(18)16-12-9-10-13(14(11-12)21-3)17-22(19,20)5-2/h4,6-11,17H,5H2,1-3H3,(H,16,18)/b6-4+,8-7-. The van der Waals surface area contributed by atoms with Gasteiger partial charge >= 0.3 is 0 Å². The third kappa shape index (κ3) is 5.61. The Morgan fingerprint density at radius 1 is 1.32 bits per heavy atom. The molecule has 0 aliphatic carbocycles. The van der Waals surface area contributed by atoms with Crippen LogP contribution in [0.25, 0.3) is 0 Å². The van der Waals surface area contributed by atoms with E-state index in [0.29, 0.717) is 17.1 Å². The average Bonchev–Trinajstić information content (AvgIpc) is 2.49. The topological polar surface area (TPSA) is 84.5 Å². The zero-order chi connectivity index (χ0) is 16.6. The number of anilines is 2. The summed E-state index contributed by atoms with van der Waals surface area (Å²) in [7, 11) is -1.96. The third-order valence-corrected chi connectivity index (χ3v) is 3.96. The number of carbonyl (C=O) groups is 1. The van der Waals surface area contributed by atoms with E-state index in [1.165, 1.54) is 19.3 Å². The van der Waals surface area contributed by atoms with E-state index in [1.54, 1.807) is 37.3 Å². The number of hydrogen-bond acceptors (Lipinski definition) is 4. The quantitative estimate of drug-likeness (QED) is 0.596. The number of carbonyl (C=O) groups excluding carboxylic acids is 1. The van der Waals surface area contributed by atoms with Gasteiger partial charge in [-0.1, -0.05) is 18.2 Å². The Balaban J connectivity index is 2.91. The molecular weight excluding hydrogens is 304 g/mol. The second-order valence-electron chi connectivity index (χ2n) is 4.29. The second-order valence-corrected chi connectivity index (χ2v) is 6.31. The van der Waals surface area contributed by atoms with Crippen LogP contribution in [0.15, 0.2) is 42.5 Å². The van der Waals surface area contributed by atoms with Crippen LogP contribution in [0.5, 0.6) is 5.75 Å². The highest BCUT2D eigenvalue weighted by Gasteiger charge is 2.12. The molecule has 0 spiro atoms. The minimum Gasteiger partial charge on any atom is -0.494 e. The summed E-state index contributed by atoms with van der Waals surface area (Å²) < 4.78 is 30.8. The van der Waals surface area contributed by atoms with Gasteiger partial charge in [-0.15, -0.1) is 0 Å². The number of methoxy groups -OCH3 is 1. The number of ether oxygens (including phenoxy) is 1. The number of sulfonamides is 1. The summed E-state index contributed by atoms with van der Waals surface area (Å²) in [5.41, 5.74) is 0.832. The molecule has 0 atom stereocenters. The molecule has 22 heavy (non-hydrogen) atoms. The van der Waals surface area contributed by atoms with Crippen LogP contribution >= 0.6 is 0 Å². The van der Waals surface area contributed by atoms with Gasteiger partial charge < -0.3 is 10.1 Å². The van der Waals surface area contributed by atoms with Crippen molar-refractivity contribution in [3.05, 3.63) is 42.5 Å². The first-order chi connectivity index (χ1) is 10.4. The lowest BCUT2D eigenvalue weighted by molar-refractivity contribution is -0.111. The van der Waals surface area contributed by atoms with Gasteiger partial charge in [0.2, 0.25) is 15.9 Å². The van der Waals surface area contributed by atoms with E-state index in [0.717, 1.165) is 0 Å². The maximum atomic E-state index is 11.7. The van der Waals surface area contributed by atoms with Crippen molar-refractivity contribution in [1.29, 1.82) is 0 Å². The molecule has 1 rings (SSSR count). The summed E-state index contributed by atoms with van der Waals surface area (Å²) in [4.78, 5) is 11.7. The predicted octanol–water partition coefficient (Wildman–Crippen LogP) is 2.53. The number of allylic oxidation sites excluding steroid dienone is 3. The number of amides is 1. The fourth-order valence-electron chi connectivity index (χ4n) is 1.53. The molecule has 0 saturated carbocycles. The van der Waals surface area contributed by atoms with Gasteiger partial charge in [0, 0.05) is 17.8 Å². The van der Waals surface area contributed by atoms with Crippen molar-refractivity contribution < 1.29 is 17.9 Å². The maximum Gasteiger partial charge on any atom is 0.248 e. The summed E-state index contributed by atoms with van der Waals surface area (Å²) >= 11 is 0. The third-order valence-electron chi connectivity index (χ3n) is 2.67. The maximum absolute atomic E-state index is 11.7. The fourth-order valence-corrected chi connectivity index (χ4v) is 2.18. The van der Waals surface area contributed by atoms with E-state index in [1.807, 2.05) is 6.92 Å². The molecule has 0 aromatic heterocycles. The highest BCUT2D eigenvalue weighted by molar-refractivity contribution is 7.92. The van der Waals surface area contributed by atoms with Crippen molar-refractivity contribution >= 4 is 27.3 Å². The first kappa shape index (κ1) is 17.8. The van der Waals surface area contributed by atoms with Crippen LogP contribution in [-0.4, -0.2) is 27.2 Å². The zero-order valence-electron chi connectivity index (χ0n) is 12.8. The molecular formula is C15H20N2O4S. The SMILES string of the molecule is C/C=C/C=C\C(=O)Nc1ccc(NS(=O)(=O)CC)c(OC)c1. The van der Waals surface area contributed by atoms with Gasteiger partial charge in [0.25, 0.3) is 0 Å². The van der Waals surface area contributed by atoms with Crippen LogP contribution in [0.1, 0.15) is 13.8 Å². The molecule has 0 aliphatic rings. The number of rotatable bonds is 7. The number of hydrogen-bond donors (Lipinski definition) is 2. The van der Waals surface area contributed by atoms with Crippen molar-refractivity contribution in [2.45, 2.75) is 13.8 Å². The minimum atomic E-state index is -3.39. The Morgan fingerprint density at radius 2 is 2.05 bits per heavy atom. The molecule has 1 aromatic carbocycles. The normalized spacial score (nSPS) is 11.8. The van der Waals surface area contributed by atoms with E-state index < -0.39 is 10.0 Å². The van der Waals surface area contributed by atoms with Crippen molar-refractivity contribution in [3.63, 3.8) is 0 Å². The second kappa shape index (κ2) is 8.23. The molecule has 0 radical (unpaired) electrons. The lowest BCUT2D eigenvalue weighted by Gasteiger charge is -2.12. The molecule has 0 heterocycles. The summed E-state index contributed by atoms with van der Waals surface area (Å²) in [6, 6.07) is 4.68. The molecule has 0 aliphatic heterocycles. The Morgan fingerprint density at radius 3 is 2.64 bits per heavy atom. The fraction of sp³-hybridized carbons (Fsp3) is 0.267. The van der Waals surface area contributed by atoms with Crippen molar-refractivity contribution in [2.75, 3.05) is 22.9 Å². The highest BCUT2D eigenvalue weighted by Crippen LogP contribution is 2.28. The van der Waals surface area contributed by atoms with Gasteiger partial charge in [-0.2, -0.15) is 0 Å². The van der Waals surface area contributed by atoms with Crippen LogP contribution in [0, 0.1) is 0 Å². The Bertz CT molecular complexity index is 679. The summed E-state index contributed by atoms with van der Waals surface area (Å²) in [6.45, 7) is 3.39. The van der Waals surface area contributed by atoms with Crippen molar-refractivity contribution in [1.82, 2.24) is 0 Å². The van der Waals surface area contributed by atoms with Crippen LogP contribution in [0.2, 0.25) is 0 Å². The summed E-state index contributed by atoms with van der Waals surface area (Å²) in [5, 5.41) is 2.66. The summed E-state index contributed by atoms with van der Waals surface area (Å²) in [5.74, 6) is -0.000929. The van der Waals surface area contributed by atoms with Crippen molar-refractivity contribution in [3.8, 4) is 5.75 Å². The Kier molecular flexibility index (Phi) is 6.65. The van der Waals surface area contributed by atoms with E-state index in [4.69, 9.17) is 4.74 Å². The molecule has 120 valence electrons. The van der Waals surface area contributed by atoms with Crippen LogP contribution < -0.4 is 14.8 Å². The van der Waals surface area contributed by atoms with Gasteiger partial charge in [0.05, 0.1) is 18.6 Å². The monoisotopic (exact) mass is 324 g/mol. The molecule has 1 amide bonds. The highest BCUT2D eigenvalue weighted by atomic mass is 32.2. The molecule has 6 nitrogen and oxygen atoms in total. The van der Waals surface area contributed by atoms with Crippen LogP contribution in [-0.2, 0) is 14.8 Å². The molecule has 0 bridgehead atoms. The largest absolute Gasteiger partial charge is 0.494 e. The molecule has 0 fully saturated rings. The molecule has 0 unspecified atom stereocenters. The Hall–Kier alpha value is -2.28. The van der Waals surface area contributed by atoms with Crippen molar-refractivity contribution in [2.24, 2.45) is 0 Å². The average molecular weight is 324 g/mol. The Labute approximate surface area is 130 Å². The lowest BCUT2D eigenvalue weighted by atomic mass is 10.2. The van der Waals surface area contributed by atoms with Gasteiger partial charge in [-0.3, -0.25) is 9.52 Å².